The molecule has 1 aromatic heterocycles. The Morgan fingerprint density at radius 2 is 1.91 bits per heavy atom. The Labute approximate surface area is 203 Å². The lowest BCUT2D eigenvalue weighted by Crippen LogP contribution is -2.37. The molecule has 3 aromatic rings. The first-order chi connectivity index (χ1) is 16.4. The number of aryl methyl sites for hydroxylation is 1. The van der Waals surface area contributed by atoms with E-state index in [1.807, 2.05) is 25.1 Å². The van der Waals surface area contributed by atoms with E-state index >= 15 is 0 Å². The van der Waals surface area contributed by atoms with Crippen molar-refractivity contribution in [3.8, 4) is 11.4 Å². The van der Waals surface area contributed by atoms with Gasteiger partial charge in [0, 0.05) is 22.2 Å². The maximum atomic E-state index is 12.9. The number of ether oxygens (including phenoxy) is 1. The Hall–Kier alpha value is -3.23. The van der Waals surface area contributed by atoms with Crippen LogP contribution in [0.4, 0.5) is 5.69 Å². The minimum absolute atomic E-state index is 0.0356. The maximum Gasteiger partial charge on any atom is 0.338 e. The van der Waals surface area contributed by atoms with Crippen molar-refractivity contribution in [3.63, 3.8) is 0 Å². The number of likely N-dealkylation sites (tertiary alicyclic amines) is 1. The smallest absolute Gasteiger partial charge is 0.338 e. The minimum atomic E-state index is -0.397. The van der Waals surface area contributed by atoms with E-state index in [9.17, 15) is 9.59 Å². The molecule has 1 fully saturated rings. The number of amides is 1. The highest BCUT2D eigenvalue weighted by Gasteiger charge is 2.26. The predicted octanol–water partition coefficient (Wildman–Crippen LogP) is 4.73. The van der Waals surface area contributed by atoms with Gasteiger partial charge in [0.05, 0.1) is 18.7 Å². The first-order valence-electron chi connectivity index (χ1n) is 11.3. The molecule has 8 nitrogen and oxygen atoms in total. The molecule has 1 saturated heterocycles. The second-order valence-electron chi connectivity index (χ2n) is 8.31. The first kappa shape index (κ1) is 23.9. The molecule has 0 atom stereocenters. The van der Waals surface area contributed by atoms with Gasteiger partial charge in [0.1, 0.15) is 0 Å². The van der Waals surface area contributed by atoms with E-state index in [2.05, 4.69) is 20.4 Å². The van der Waals surface area contributed by atoms with Crippen molar-refractivity contribution >= 4 is 29.2 Å². The van der Waals surface area contributed by atoms with Gasteiger partial charge in [-0.1, -0.05) is 22.8 Å². The van der Waals surface area contributed by atoms with Gasteiger partial charge in [-0.3, -0.25) is 9.69 Å². The Bertz CT molecular complexity index is 1150. The third-order valence-corrected chi connectivity index (χ3v) is 6.15. The average molecular weight is 483 g/mol. The second-order valence-corrected chi connectivity index (χ2v) is 8.74. The van der Waals surface area contributed by atoms with Gasteiger partial charge >= 0.3 is 5.97 Å². The normalized spacial score (nSPS) is 14.7. The fourth-order valence-corrected chi connectivity index (χ4v) is 4.04. The van der Waals surface area contributed by atoms with Crippen LogP contribution in [0.15, 0.2) is 47.0 Å². The molecule has 1 amide bonds. The number of carbonyl (C=O) groups is 2. The number of anilines is 1. The summed E-state index contributed by atoms with van der Waals surface area (Å²) in [5.74, 6) is 0.535. The number of carbonyl (C=O) groups excluding carboxylic acids is 2. The van der Waals surface area contributed by atoms with Gasteiger partial charge in [-0.25, -0.2) is 4.79 Å². The summed E-state index contributed by atoms with van der Waals surface area (Å²) in [6.45, 7) is 6.00. The van der Waals surface area contributed by atoms with Crippen LogP contribution in [-0.4, -0.2) is 46.6 Å². The monoisotopic (exact) mass is 482 g/mol. The van der Waals surface area contributed by atoms with Crippen LogP contribution < -0.4 is 5.32 Å². The summed E-state index contributed by atoms with van der Waals surface area (Å²) < 4.78 is 10.5. The van der Waals surface area contributed by atoms with Gasteiger partial charge in [0.25, 0.3) is 0 Å². The van der Waals surface area contributed by atoms with Crippen LogP contribution in [0, 0.1) is 12.8 Å². The van der Waals surface area contributed by atoms with E-state index in [-0.39, 0.29) is 11.8 Å². The number of hydrogen-bond acceptors (Lipinski definition) is 7. The fourth-order valence-electron chi connectivity index (χ4n) is 3.91. The van der Waals surface area contributed by atoms with Crippen molar-refractivity contribution in [3.05, 3.63) is 64.5 Å². The molecule has 1 N–H and O–H groups in total. The molecule has 0 bridgehead atoms. The molecule has 2 heterocycles. The van der Waals surface area contributed by atoms with E-state index < -0.39 is 5.97 Å². The molecular weight excluding hydrogens is 456 g/mol. The first-order valence-corrected chi connectivity index (χ1v) is 11.7. The Morgan fingerprint density at radius 3 is 2.62 bits per heavy atom. The Balaban J connectivity index is 1.30. The van der Waals surface area contributed by atoms with Crippen LogP contribution in [0.25, 0.3) is 11.4 Å². The van der Waals surface area contributed by atoms with Crippen LogP contribution in [-0.2, 0) is 16.1 Å². The molecule has 0 unspecified atom stereocenters. The number of rotatable bonds is 7. The lowest BCUT2D eigenvalue weighted by molar-refractivity contribution is -0.121. The zero-order chi connectivity index (χ0) is 24.1. The van der Waals surface area contributed by atoms with Crippen molar-refractivity contribution in [1.82, 2.24) is 15.0 Å². The summed E-state index contributed by atoms with van der Waals surface area (Å²) >= 11 is 5.93. The number of nitrogens with zero attached hydrogens (tertiary/aromatic N) is 3. The number of hydrogen-bond donors (Lipinski definition) is 1. The van der Waals surface area contributed by atoms with E-state index in [0.29, 0.717) is 41.1 Å². The molecule has 34 heavy (non-hydrogen) atoms. The molecule has 4 rings (SSSR count). The third kappa shape index (κ3) is 5.81. The quantitative estimate of drug-likeness (QED) is 0.486. The van der Waals surface area contributed by atoms with Crippen LogP contribution >= 0.6 is 11.6 Å². The highest BCUT2D eigenvalue weighted by atomic mass is 35.5. The number of benzene rings is 2. The lowest BCUT2D eigenvalue weighted by Gasteiger charge is -2.30. The second kappa shape index (κ2) is 10.8. The molecular formula is C25H27ClN4O4. The summed E-state index contributed by atoms with van der Waals surface area (Å²) in [6, 6.07) is 12.5. The Morgan fingerprint density at radius 1 is 1.18 bits per heavy atom. The lowest BCUT2D eigenvalue weighted by atomic mass is 9.95. The van der Waals surface area contributed by atoms with Gasteiger partial charge in [-0.2, -0.15) is 4.98 Å². The van der Waals surface area contributed by atoms with Gasteiger partial charge in [0.15, 0.2) is 0 Å². The topological polar surface area (TPSA) is 97.6 Å². The van der Waals surface area contributed by atoms with Crippen LogP contribution in [0.3, 0.4) is 0 Å². The highest BCUT2D eigenvalue weighted by Crippen LogP contribution is 2.24. The van der Waals surface area contributed by atoms with Crippen LogP contribution in [0.5, 0.6) is 0 Å². The van der Waals surface area contributed by atoms with Crippen molar-refractivity contribution in [2.45, 2.75) is 33.2 Å². The number of nitrogens with one attached hydrogen (secondary N) is 1. The molecule has 0 spiro atoms. The maximum absolute atomic E-state index is 12.9. The van der Waals surface area contributed by atoms with E-state index in [1.54, 1.807) is 31.2 Å². The Kier molecular flexibility index (Phi) is 7.59. The molecule has 1 aliphatic rings. The van der Waals surface area contributed by atoms with Crippen molar-refractivity contribution < 1.29 is 18.8 Å². The van der Waals surface area contributed by atoms with Gasteiger partial charge in [0.2, 0.25) is 17.6 Å². The van der Waals surface area contributed by atoms with Crippen molar-refractivity contribution in [2.24, 2.45) is 5.92 Å². The summed E-state index contributed by atoms with van der Waals surface area (Å²) in [5.41, 5.74) is 2.80. The molecule has 0 radical (unpaired) electrons. The molecule has 0 aliphatic carbocycles. The minimum Gasteiger partial charge on any atom is -0.462 e. The molecule has 2 aromatic carbocycles. The number of halogens is 1. The van der Waals surface area contributed by atoms with E-state index in [4.69, 9.17) is 20.9 Å². The third-order valence-electron chi connectivity index (χ3n) is 5.89. The number of esters is 1. The zero-order valence-corrected chi connectivity index (χ0v) is 20.0. The zero-order valence-electron chi connectivity index (χ0n) is 19.2. The molecule has 0 saturated carbocycles. The van der Waals surface area contributed by atoms with Crippen LogP contribution in [0.2, 0.25) is 5.02 Å². The summed E-state index contributed by atoms with van der Waals surface area (Å²) in [6.07, 6.45) is 1.45. The number of piperidine rings is 1. The van der Waals surface area contributed by atoms with Gasteiger partial charge in [-0.05, 0) is 81.7 Å². The number of aromatic nitrogens is 2. The van der Waals surface area contributed by atoms with Gasteiger partial charge in [-0.15, -0.1) is 0 Å². The summed E-state index contributed by atoms with van der Waals surface area (Å²) in [5, 5.41) is 7.70. The predicted molar refractivity (Wildman–Crippen MR) is 129 cm³/mol. The van der Waals surface area contributed by atoms with Gasteiger partial charge < -0.3 is 14.6 Å². The average Bonchev–Trinajstić information content (AvgIpc) is 3.30. The molecule has 1 aliphatic heterocycles. The van der Waals surface area contributed by atoms with E-state index in [1.165, 1.54) is 0 Å². The van der Waals surface area contributed by atoms with E-state index in [0.717, 1.165) is 37.1 Å². The van der Waals surface area contributed by atoms with Crippen molar-refractivity contribution in [1.29, 1.82) is 0 Å². The molecule has 9 heteroatoms. The largest absolute Gasteiger partial charge is 0.462 e. The summed E-state index contributed by atoms with van der Waals surface area (Å²) in [7, 11) is 0. The SMILES string of the molecule is CCOC(=O)c1ccc(C)c(NC(=O)C2CCN(Cc3nc(-c4ccc(Cl)cc4)no3)CC2)c1. The summed E-state index contributed by atoms with van der Waals surface area (Å²) in [4.78, 5) is 31.6. The molecule has 178 valence electrons. The van der Waals surface area contributed by atoms with Crippen molar-refractivity contribution in [2.75, 3.05) is 25.0 Å². The van der Waals surface area contributed by atoms with Crippen LogP contribution in [0.1, 0.15) is 41.6 Å². The standard InChI is InChI=1S/C25H27ClN4O4/c1-3-33-25(32)19-5-4-16(2)21(14-19)27-24(31)18-10-12-30(13-11-18)15-22-28-23(29-34-22)17-6-8-20(26)9-7-17/h4-9,14,18H,3,10-13,15H2,1-2H3,(H,27,31). The highest BCUT2D eigenvalue weighted by molar-refractivity contribution is 6.30. The fraction of sp³-hybridized carbons (Fsp3) is 0.360.